The van der Waals surface area contributed by atoms with Gasteiger partial charge in [0.2, 0.25) is 10.0 Å². The van der Waals surface area contributed by atoms with Gasteiger partial charge in [-0.15, -0.1) is 0 Å². The Bertz CT molecular complexity index is 788. The zero-order valence-electron chi connectivity index (χ0n) is 12.0. The van der Waals surface area contributed by atoms with E-state index in [9.17, 15) is 8.42 Å². The fourth-order valence-electron chi connectivity index (χ4n) is 3.18. The van der Waals surface area contributed by atoms with E-state index in [1.54, 1.807) is 18.2 Å². The third kappa shape index (κ3) is 2.33. The highest BCUT2D eigenvalue weighted by Crippen LogP contribution is 2.28. The highest BCUT2D eigenvalue weighted by Gasteiger charge is 2.39. The lowest BCUT2D eigenvalue weighted by Gasteiger charge is -2.44. The molecule has 2 saturated heterocycles. The molecule has 118 valence electrons. The standard InChI is InChI=1S/C13H16N4O3S2/c1-16-5-9-7-17(8-10(6-16)20-9)22(18,19)12-4-2-3-11-13(12)15-21-14-11/h2-4,9-10H,5-8H2,1H3. The minimum atomic E-state index is -3.58. The molecule has 0 saturated carbocycles. The molecule has 7 nitrogen and oxygen atoms in total. The van der Waals surface area contributed by atoms with Crippen LogP contribution in [0.15, 0.2) is 23.1 Å². The first kappa shape index (κ1) is 14.5. The lowest BCUT2D eigenvalue weighted by atomic mass is 10.1. The molecule has 0 aliphatic carbocycles. The Morgan fingerprint density at radius 1 is 1.18 bits per heavy atom. The van der Waals surface area contributed by atoms with E-state index in [1.165, 1.54) is 4.31 Å². The maximum absolute atomic E-state index is 13.0. The van der Waals surface area contributed by atoms with Gasteiger partial charge in [0.15, 0.2) is 0 Å². The maximum atomic E-state index is 13.0. The highest BCUT2D eigenvalue weighted by molar-refractivity contribution is 7.89. The molecule has 2 aromatic rings. The van der Waals surface area contributed by atoms with Crippen molar-refractivity contribution in [3.8, 4) is 0 Å². The monoisotopic (exact) mass is 340 g/mol. The molecule has 22 heavy (non-hydrogen) atoms. The predicted molar refractivity (Wildman–Crippen MR) is 82.3 cm³/mol. The molecule has 0 spiro atoms. The summed E-state index contributed by atoms with van der Waals surface area (Å²) in [7, 11) is -1.54. The van der Waals surface area contributed by atoms with Crippen molar-refractivity contribution in [2.75, 3.05) is 33.2 Å². The lowest BCUT2D eigenvalue weighted by Crippen LogP contribution is -2.59. The van der Waals surface area contributed by atoms with Crippen LogP contribution < -0.4 is 0 Å². The molecular weight excluding hydrogens is 324 g/mol. The number of hydrogen-bond donors (Lipinski definition) is 0. The van der Waals surface area contributed by atoms with E-state index in [1.807, 2.05) is 7.05 Å². The van der Waals surface area contributed by atoms with Crippen LogP contribution in [-0.4, -0.2) is 71.8 Å². The SMILES string of the molecule is CN1CC2CN(S(=O)(=O)c3cccc4nsnc34)CC(C1)O2. The summed E-state index contributed by atoms with van der Waals surface area (Å²) in [6, 6.07) is 5.10. The summed E-state index contributed by atoms with van der Waals surface area (Å²) in [4.78, 5) is 2.43. The molecule has 2 aliphatic rings. The Hall–Kier alpha value is -1.13. The number of nitrogens with zero attached hydrogens (tertiary/aromatic N) is 4. The molecule has 0 N–H and O–H groups in total. The second kappa shape index (κ2) is 5.20. The number of rotatable bonds is 2. The Kier molecular flexibility index (Phi) is 3.42. The van der Waals surface area contributed by atoms with Gasteiger partial charge in [-0.05, 0) is 19.2 Å². The fraction of sp³-hybridized carbons (Fsp3) is 0.538. The number of hydrogen-bond acceptors (Lipinski definition) is 7. The van der Waals surface area contributed by atoms with Gasteiger partial charge in [-0.1, -0.05) is 6.07 Å². The second-order valence-electron chi connectivity index (χ2n) is 5.81. The van der Waals surface area contributed by atoms with Crippen molar-refractivity contribution in [1.29, 1.82) is 0 Å². The number of aromatic nitrogens is 2. The van der Waals surface area contributed by atoms with Crippen molar-refractivity contribution in [2.24, 2.45) is 0 Å². The van der Waals surface area contributed by atoms with E-state index >= 15 is 0 Å². The number of fused-ring (bicyclic) bond motifs is 3. The van der Waals surface area contributed by atoms with Crippen LogP contribution in [0.5, 0.6) is 0 Å². The number of ether oxygens (including phenoxy) is 1. The van der Waals surface area contributed by atoms with Crippen LogP contribution in [0, 0.1) is 0 Å². The van der Waals surface area contributed by atoms with Crippen molar-refractivity contribution < 1.29 is 13.2 Å². The normalized spacial score (nSPS) is 27.3. The summed E-state index contributed by atoms with van der Waals surface area (Å²) in [5.74, 6) is 0. The van der Waals surface area contributed by atoms with Gasteiger partial charge in [0, 0.05) is 26.2 Å². The molecule has 0 radical (unpaired) electrons. The summed E-state index contributed by atoms with van der Waals surface area (Å²) in [5.41, 5.74) is 1.08. The minimum Gasteiger partial charge on any atom is -0.370 e. The van der Waals surface area contributed by atoms with E-state index in [2.05, 4.69) is 13.6 Å². The summed E-state index contributed by atoms with van der Waals surface area (Å²) < 4.78 is 41.7. The fourth-order valence-corrected chi connectivity index (χ4v) is 5.44. The Morgan fingerprint density at radius 3 is 2.64 bits per heavy atom. The van der Waals surface area contributed by atoms with Crippen molar-refractivity contribution in [3.63, 3.8) is 0 Å². The van der Waals surface area contributed by atoms with Crippen LogP contribution >= 0.6 is 11.7 Å². The van der Waals surface area contributed by atoms with Crippen LogP contribution in [0.4, 0.5) is 0 Å². The van der Waals surface area contributed by atoms with Crippen LogP contribution in [0.25, 0.3) is 11.0 Å². The second-order valence-corrected chi connectivity index (χ2v) is 8.25. The molecule has 4 rings (SSSR count). The van der Waals surface area contributed by atoms with E-state index in [4.69, 9.17) is 4.74 Å². The van der Waals surface area contributed by atoms with Gasteiger partial charge in [0.1, 0.15) is 15.9 Å². The van der Waals surface area contributed by atoms with E-state index in [0.29, 0.717) is 24.1 Å². The van der Waals surface area contributed by atoms with Gasteiger partial charge in [-0.25, -0.2) is 8.42 Å². The molecule has 1 aromatic heterocycles. The molecule has 2 fully saturated rings. The van der Waals surface area contributed by atoms with Crippen molar-refractivity contribution in [2.45, 2.75) is 17.1 Å². The van der Waals surface area contributed by atoms with Crippen LogP contribution in [0.3, 0.4) is 0 Å². The first-order valence-corrected chi connectivity index (χ1v) is 9.26. The topological polar surface area (TPSA) is 75.6 Å². The van der Waals surface area contributed by atoms with Gasteiger partial charge in [0.25, 0.3) is 0 Å². The maximum Gasteiger partial charge on any atom is 0.245 e. The number of sulfonamides is 1. The molecule has 9 heteroatoms. The smallest absolute Gasteiger partial charge is 0.245 e. The van der Waals surface area contributed by atoms with Crippen LogP contribution in [0.2, 0.25) is 0 Å². The van der Waals surface area contributed by atoms with Gasteiger partial charge >= 0.3 is 0 Å². The van der Waals surface area contributed by atoms with Crippen LogP contribution in [0.1, 0.15) is 0 Å². The Labute approximate surface area is 132 Å². The highest BCUT2D eigenvalue weighted by atomic mass is 32.2. The predicted octanol–water partition coefficient (Wildman–Crippen LogP) is 0.395. The average molecular weight is 340 g/mol. The average Bonchev–Trinajstić information content (AvgIpc) is 2.93. The van der Waals surface area contributed by atoms with Gasteiger partial charge < -0.3 is 9.64 Å². The summed E-state index contributed by atoms with van der Waals surface area (Å²) >= 11 is 1.03. The zero-order valence-corrected chi connectivity index (χ0v) is 13.7. The molecule has 3 heterocycles. The zero-order chi connectivity index (χ0) is 15.3. The molecule has 2 aliphatic heterocycles. The number of benzene rings is 1. The molecular formula is C13H16N4O3S2. The van der Waals surface area contributed by atoms with Gasteiger partial charge in [-0.2, -0.15) is 13.1 Å². The molecule has 1 aromatic carbocycles. The van der Waals surface area contributed by atoms with Crippen LogP contribution in [-0.2, 0) is 14.8 Å². The Balaban J connectivity index is 1.71. The summed E-state index contributed by atoms with van der Waals surface area (Å²) in [6.45, 7) is 2.28. The first-order chi connectivity index (χ1) is 10.5. The van der Waals surface area contributed by atoms with Crippen molar-refractivity contribution >= 4 is 32.8 Å². The quantitative estimate of drug-likeness (QED) is 0.787. The molecule has 2 unspecified atom stereocenters. The van der Waals surface area contributed by atoms with E-state index in [0.717, 1.165) is 24.8 Å². The van der Waals surface area contributed by atoms with Crippen molar-refractivity contribution in [1.82, 2.24) is 18.0 Å². The van der Waals surface area contributed by atoms with E-state index < -0.39 is 10.0 Å². The van der Waals surface area contributed by atoms with E-state index in [-0.39, 0.29) is 17.1 Å². The molecule has 0 amide bonds. The number of morpholine rings is 2. The number of likely N-dealkylation sites (N-methyl/N-ethyl adjacent to an activating group) is 1. The summed E-state index contributed by atoms with van der Waals surface area (Å²) in [5, 5.41) is 0. The third-order valence-corrected chi connectivity index (χ3v) is 6.50. The van der Waals surface area contributed by atoms with Gasteiger partial charge in [-0.3, -0.25) is 0 Å². The molecule has 2 bridgehead atoms. The molecule has 2 atom stereocenters. The minimum absolute atomic E-state index is 0.0694. The Morgan fingerprint density at radius 2 is 1.91 bits per heavy atom. The van der Waals surface area contributed by atoms with Gasteiger partial charge in [0.05, 0.1) is 23.9 Å². The third-order valence-electron chi connectivity index (χ3n) is 4.10. The van der Waals surface area contributed by atoms with Crippen molar-refractivity contribution in [3.05, 3.63) is 18.2 Å². The largest absolute Gasteiger partial charge is 0.370 e. The summed E-state index contributed by atoms with van der Waals surface area (Å²) in [6.07, 6.45) is -0.139. The lowest BCUT2D eigenvalue weighted by molar-refractivity contribution is -0.116. The first-order valence-electron chi connectivity index (χ1n) is 7.09.